The SMILES string of the molecule is CC1N=C(c2cccnc2)SC1c1cccc(-c2nccnn2)n1. The van der Waals surface area contributed by atoms with Crippen LogP contribution in [0.1, 0.15) is 23.4 Å². The lowest BCUT2D eigenvalue weighted by atomic mass is 10.1. The highest BCUT2D eigenvalue weighted by Crippen LogP contribution is 2.41. The predicted molar refractivity (Wildman–Crippen MR) is 93.6 cm³/mol. The summed E-state index contributed by atoms with van der Waals surface area (Å²) in [6.07, 6.45) is 6.78. The highest BCUT2D eigenvalue weighted by molar-refractivity contribution is 8.14. The Balaban J connectivity index is 1.62. The van der Waals surface area contributed by atoms with E-state index in [1.807, 2.05) is 36.5 Å². The monoisotopic (exact) mass is 334 g/mol. The topological polar surface area (TPSA) is 76.8 Å². The molecule has 0 N–H and O–H groups in total. The van der Waals surface area contributed by atoms with Gasteiger partial charge in [0.05, 0.1) is 23.2 Å². The van der Waals surface area contributed by atoms with Crippen molar-refractivity contribution in [3.05, 3.63) is 66.4 Å². The summed E-state index contributed by atoms with van der Waals surface area (Å²) in [4.78, 5) is 17.9. The Labute approximate surface area is 143 Å². The molecule has 7 heteroatoms. The van der Waals surface area contributed by atoms with E-state index < -0.39 is 0 Å². The third kappa shape index (κ3) is 2.90. The van der Waals surface area contributed by atoms with E-state index in [1.165, 1.54) is 0 Å². The highest BCUT2D eigenvalue weighted by atomic mass is 32.2. The second-order valence-electron chi connectivity index (χ2n) is 5.37. The molecule has 3 aromatic heterocycles. The third-order valence-electron chi connectivity index (χ3n) is 3.68. The second-order valence-corrected chi connectivity index (χ2v) is 6.50. The molecule has 0 saturated heterocycles. The Hall–Kier alpha value is -2.67. The van der Waals surface area contributed by atoms with Crippen LogP contribution in [0.2, 0.25) is 0 Å². The van der Waals surface area contributed by atoms with Crippen molar-refractivity contribution in [3.63, 3.8) is 0 Å². The zero-order valence-electron chi connectivity index (χ0n) is 12.9. The molecule has 0 aliphatic carbocycles. The van der Waals surface area contributed by atoms with Crippen molar-refractivity contribution in [3.8, 4) is 11.5 Å². The molecule has 0 aromatic carbocycles. The summed E-state index contributed by atoms with van der Waals surface area (Å²) >= 11 is 1.72. The van der Waals surface area contributed by atoms with E-state index in [-0.39, 0.29) is 11.3 Å². The van der Waals surface area contributed by atoms with Gasteiger partial charge >= 0.3 is 0 Å². The van der Waals surface area contributed by atoms with Crippen LogP contribution in [0.3, 0.4) is 0 Å². The maximum atomic E-state index is 4.77. The molecule has 0 radical (unpaired) electrons. The largest absolute Gasteiger partial charge is 0.273 e. The average molecular weight is 334 g/mol. The van der Waals surface area contributed by atoms with Gasteiger partial charge in [0.2, 0.25) is 0 Å². The molecule has 4 heterocycles. The van der Waals surface area contributed by atoms with Crippen molar-refractivity contribution in [2.45, 2.75) is 18.2 Å². The number of nitrogens with zero attached hydrogens (tertiary/aromatic N) is 6. The standard InChI is InChI=1S/C17H14N6S/c1-11-15(24-17(21-11)12-4-3-7-18-10-12)13-5-2-6-14(22-13)16-19-8-9-20-23-16/h2-11,15H,1H3. The van der Waals surface area contributed by atoms with Gasteiger partial charge in [-0.15, -0.1) is 5.10 Å². The first-order chi connectivity index (χ1) is 11.8. The van der Waals surface area contributed by atoms with Gasteiger partial charge in [-0.25, -0.2) is 9.97 Å². The lowest BCUT2D eigenvalue weighted by Gasteiger charge is -2.13. The molecule has 6 nitrogen and oxygen atoms in total. The Morgan fingerprint density at radius 2 is 2.00 bits per heavy atom. The van der Waals surface area contributed by atoms with E-state index in [2.05, 4.69) is 27.1 Å². The van der Waals surface area contributed by atoms with Crippen LogP contribution < -0.4 is 0 Å². The van der Waals surface area contributed by atoms with E-state index in [0.717, 1.165) is 22.0 Å². The number of aliphatic imine (C=N–C) groups is 1. The quantitative estimate of drug-likeness (QED) is 0.733. The second kappa shape index (κ2) is 6.45. The molecule has 0 spiro atoms. The van der Waals surface area contributed by atoms with Crippen LogP contribution in [0.25, 0.3) is 11.5 Å². The van der Waals surface area contributed by atoms with Crippen molar-refractivity contribution in [1.29, 1.82) is 0 Å². The lowest BCUT2D eigenvalue weighted by Crippen LogP contribution is -2.07. The summed E-state index contributed by atoms with van der Waals surface area (Å²) in [5.74, 6) is 0.531. The molecule has 2 atom stereocenters. The molecule has 0 amide bonds. The fourth-order valence-electron chi connectivity index (χ4n) is 2.54. The van der Waals surface area contributed by atoms with Crippen LogP contribution in [-0.2, 0) is 0 Å². The van der Waals surface area contributed by atoms with E-state index in [4.69, 9.17) is 9.98 Å². The molecule has 0 saturated carbocycles. The highest BCUT2D eigenvalue weighted by Gasteiger charge is 2.30. The van der Waals surface area contributed by atoms with E-state index >= 15 is 0 Å². The summed E-state index contributed by atoms with van der Waals surface area (Å²) in [5, 5.41) is 9.07. The maximum Gasteiger partial charge on any atom is 0.200 e. The van der Waals surface area contributed by atoms with E-state index in [1.54, 1.807) is 30.4 Å². The third-order valence-corrected chi connectivity index (χ3v) is 5.13. The summed E-state index contributed by atoms with van der Waals surface area (Å²) in [6.45, 7) is 2.11. The normalized spacial score (nSPS) is 20.0. The number of rotatable bonds is 3. The number of thioether (sulfide) groups is 1. The lowest BCUT2D eigenvalue weighted by molar-refractivity contribution is 0.723. The van der Waals surface area contributed by atoms with Gasteiger partial charge in [0.15, 0.2) is 5.82 Å². The molecule has 118 valence electrons. The first-order valence-electron chi connectivity index (χ1n) is 7.57. The van der Waals surface area contributed by atoms with Gasteiger partial charge in [0.25, 0.3) is 0 Å². The van der Waals surface area contributed by atoms with Crippen molar-refractivity contribution in [2.75, 3.05) is 0 Å². The van der Waals surface area contributed by atoms with Crippen LogP contribution in [-0.4, -0.2) is 36.2 Å². The fourth-order valence-corrected chi connectivity index (χ4v) is 3.77. The molecule has 4 rings (SSSR count). The molecular weight excluding hydrogens is 320 g/mol. The van der Waals surface area contributed by atoms with Crippen molar-refractivity contribution in [1.82, 2.24) is 25.1 Å². The Kier molecular flexibility index (Phi) is 4.00. The molecule has 0 fully saturated rings. The van der Waals surface area contributed by atoms with Crippen LogP contribution in [0.4, 0.5) is 0 Å². The molecule has 1 aliphatic heterocycles. The number of hydrogen-bond donors (Lipinski definition) is 0. The molecule has 3 aromatic rings. The van der Waals surface area contributed by atoms with E-state index in [0.29, 0.717) is 5.82 Å². The number of hydrogen-bond acceptors (Lipinski definition) is 7. The molecule has 1 aliphatic rings. The predicted octanol–water partition coefficient (Wildman–Crippen LogP) is 2.95. The Morgan fingerprint density at radius 3 is 2.79 bits per heavy atom. The van der Waals surface area contributed by atoms with E-state index in [9.17, 15) is 0 Å². The smallest absolute Gasteiger partial charge is 0.200 e. The minimum Gasteiger partial charge on any atom is -0.273 e. The minimum absolute atomic E-state index is 0.141. The summed E-state index contributed by atoms with van der Waals surface area (Å²) in [5.41, 5.74) is 2.74. The van der Waals surface area contributed by atoms with Crippen LogP contribution in [0.5, 0.6) is 0 Å². The summed E-state index contributed by atoms with van der Waals surface area (Å²) in [6, 6.07) is 9.99. The average Bonchev–Trinajstić information content (AvgIpc) is 3.05. The fraction of sp³-hybridized carbons (Fsp3) is 0.176. The van der Waals surface area contributed by atoms with Gasteiger partial charge in [0, 0.05) is 24.2 Å². The van der Waals surface area contributed by atoms with Gasteiger partial charge in [0.1, 0.15) is 10.7 Å². The van der Waals surface area contributed by atoms with Gasteiger partial charge < -0.3 is 0 Å². The first-order valence-corrected chi connectivity index (χ1v) is 8.45. The first kappa shape index (κ1) is 14.9. The molecule has 24 heavy (non-hydrogen) atoms. The van der Waals surface area contributed by atoms with Gasteiger partial charge in [-0.1, -0.05) is 17.8 Å². The van der Waals surface area contributed by atoms with Gasteiger partial charge in [-0.2, -0.15) is 5.10 Å². The summed E-state index contributed by atoms with van der Waals surface area (Å²) in [7, 11) is 0. The van der Waals surface area contributed by atoms with Crippen molar-refractivity contribution < 1.29 is 0 Å². The minimum atomic E-state index is 0.141. The van der Waals surface area contributed by atoms with Crippen LogP contribution in [0, 0.1) is 0 Å². The van der Waals surface area contributed by atoms with Crippen molar-refractivity contribution >= 4 is 16.8 Å². The van der Waals surface area contributed by atoms with Crippen molar-refractivity contribution in [2.24, 2.45) is 4.99 Å². The molecule has 2 unspecified atom stereocenters. The van der Waals surface area contributed by atoms with Crippen LogP contribution >= 0.6 is 11.8 Å². The number of aromatic nitrogens is 5. The number of pyridine rings is 2. The molecular formula is C17H14N6S. The Morgan fingerprint density at radius 1 is 1.04 bits per heavy atom. The molecule has 0 bridgehead atoms. The summed E-state index contributed by atoms with van der Waals surface area (Å²) < 4.78 is 0. The Bertz CT molecular complexity index is 869. The van der Waals surface area contributed by atoms with Crippen LogP contribution in [0.15, 0.2) is 60.1 Å². The van der Waals surface area contributed by atoms with Gasteiger partial charge in [-0.05, 0) is 31.2 Å². The zero-order valence-corrected chi connectivity index (χ0v) is 13.8. The van der Waals surface area contributed by atoms with Gasteiger partial charge in [-0.3, -0.25) is 9.98 Å². The zero-order chi connectivity index (χ0) is 16.4. The maximum absolute atomic E-state index is 4.77.